The molecule has 7 nitrogen and oxygen atoms in total. The van der Waals surface area contributed by atoms with Gasteiger partial charge in [0.15, 0.2) is 0 Å². The van der Waals surface area contributed by atoms with Gasteiger partial charge in [0.25, 0.3) is 11.6 Å². The second kappa shape index (κ2) is 6.68. The minimum absolute atomic E-state index is 0. The van der Waals surface area contributed by atoms with Gasteiger partial charge >= 0.3 is 0 Å². The highest BCUT2D eigenvalue weighted by Crippen LogP contribution is 2.31. The van der Waals surface area contributed by atoms with Crippen LogP contribution < -0.4 is 16.8 Å². The third-order valence-electron chi connectivity index (χ3n) is 3.29. The standard InChI is InChI=1S/C12H15FN4O3.ClH/c13-7-3-8(11(15)10(4-7)17(19)20)12(18)16-5-9(14)6-1-2-6;/h3-4,6,9H,1-2,5,14-15H2,(H,16,18);1H. The third-order valence-corrected chi connectivity index (χ3v) is 3.29. The van der Waals surface area contributed by atoms with Crippen molar-refractivity contribution in [2.24, 2.45) is 11.7 Å². The van der Waals surface area contributed by atoms with Crippen LogP contribution in [0.4, 0.5) is 15.8 Å². The van der Waals surface area contributed by atoms with E-state index >= 15 is 0 Å². The molecule has 116 valence electrons. The average molecular weight is 319 g/mol. The monoisotopic (exact) mass is 318 g/mol. The number of anilines is 1. The van der Waals surface area contributed by atoms with Crippen LogP contribution in [0.5, 0.6) is 0 Å². The van der Waals surface area contributed by atoms with Crippen molar-refractivity contribution in [1.82, 2.24) is 5.32 Å². The Balaban J connectivity index is 0.00000220. The molecule has 5 N–H and O–H groups in total. The lowest BCUT2D eigenvalue weighted by atomic mass is 10.1. The molecule has 2 rings (SSSR count). The number of nitrogens with zero attached hydrogens (tertiary/aromatic N) is 1. The van der Waals surface area contributed by atoms with Crippen LogP contribution >= 0.6 is 12.4 Å². The first-order valence-electron chi connectivity index (χ1n) is 6.17. The highest BCUT2D eigenvalue weighted by Gasteiger charge is 2.29. The molecule has 1 aromatic carbocycles. The Hall–Kier alpha value is -1.93. The number of benzene rings is 1. The molecule has 1 unspecified atom stereocenters. The quantitative estimate of drug-likeness (QED) is 0.427. The zero-order valence-electron chi connectivity index (χ0n) is 11.0. The topological polar surface area (TPSA) is 124 Å². The van der Waals surface area contributed by atoms with Crippen LogP contribution in [0.25, 0.3) is 0 Å². The van der Waals surface area contributed by atoms with Crippen molar-refractivity contribution in [1.29, 1.82) is 0 Å². The molecule has 0 heterocycles. The molecular weight excluding hydrogens is 303 g/mol. The molecule has 0 radical (unpaired) electrons. The number of hydrogen-bond acceptors (Lipinski definition) is 5. The summed E-state index contributed by atoms with van der Waals surface area (Å²) in [4.78, 5) is 21.8. The lowest BCUT2D eigenvalue weighted by Crippen LogP contribution is -2.38. The van der Waals surface area contributed by atoms with Gasteiger partial charge in [0.1, 0.15) is 11.5 Å². The smallest absolute Gasteiger partial charge is 0.295 e. The molecule has 1 amide bonds. The Kier molecular flexibility index (Phi) is 5.45. The maximum Gasteiger partial charge on any atom is 0.295 e. The number of carbonyl (C=O) groups is 1. The lowest BCUT2D eigenvalue weighted by Gasteiger charge is -2.12. The van der Waals surface area contributed by atoms with E-state index in [0.29, 0.717) is 12.0 Å². The fraction of sp³-hybridized carbons (Fsp3) is 0.417. The lowest BCUT2D eigenvalue weighted by molar-refractivity contribution is -0.384. The van der Waals surface area contributed by atoms with Crippen molar-refractivity contribution in [2.45, 2.75) is 18.9 Å². The molecule has 0 aliphatic heterocycles. The van der Waals surface area contributed by atoms with E-state index in [1.807, 2.05) is 0 Å². The van der Waals surface area contributed by atoms with Crippen LogP contribution in [-0.4, -0.2) is 23.4 Å². The summed E-state index contributed by atoms with van der Waals surface area (Å²) in [5.74, 6) is -1.15. The van der Waals surface area contributed by atoms with Crippen LogP contribution in [0.3, 0.4) is 0 Å². The van der Waals surface area contributed by atoms with Gasteiger partial charge in [0.05, 0.1) is 16.6 Å². The summed E-state index contributed by atoms with van der Waals surface area (Å²) in [6.07, 6.45) is 2.06. The second-order valence-electron chi connectivity index (χ2n) is 4.85. The molecule has 1 aromatic rings. The number of nitrogens with two attached hydrogens (primary N) is 2. The Labute approximate surface area is 126 Å². The fourth-order valence-corrected chi connectivity index (χ4v) is 1.94. The molecular formula is C12H16ClFN4O3. The van der Waals surface area contributed by atoms with Crippen LogP contribution in [0.1, 0.15) is 23.2 Å². The molecule has 1 aliphatic carbocycles. The molecule has 1 atom stereocenters. The average Bonchev–Trinajstić information content (AvgIpc) is 3.21. The second-order valence-corrected chi connectivity index (χ2v) is 4.85. The molecule has 0 aromatic heterocycles. The molecule has 9 heteroatoms. The molecule has 1 aliphatic rings. The number of hydrogen-bond donors (Lipinski definition) is 3. The van der Waals surface area contributed by atoms with E-state index in [4.69, 9.17) is 11.5 Å². The van der Waals surface area contributed by atoms with E-state index in [0.717, 1.165) is 18.9 Å². The van der Waals surface area contributed by atoms with Gasteiger partial charge in [-0.2, -0.15) is 0 Å². The predicted octanol–water partition coefficient (Wildman–Crippen LogP) is 1.20. The van der Waals surface area contributed by atoms with Gasteiger partial charge < -0.3 is 16.8 Å². The van der Waals surface area contributed by atoms with E-state index < -0.39 is 22.3 Å². The summed E-state index contributed by atoms with van der Waals surface area (Å²) in [6.45, 7) is 0.229. The number of nitrogens with one attached hydrogen (secondary N) is 1. The molecule has 1 saturated carbocycles. The maximum absolute atomic E-state index is 13.3. The van der Waals surface area contributed by atoms with E-state index in [-0.39, 0.29) is 36.2 Å². The third kappa shape index (κ3) is 4.02. The summed E-state index contributed by atoms with van der Waals surface area (Å²) in [5, 5.41) is 13.2. The van der Waals surface area contributed by atoms with Crippen LogP contribution in [0.2, 0.25) is 0 Å². The minimum atomic E-state index is -0.887. The van der Waals surface area contributed by atoms with Gasteiger partial charge in [-0.1, -0.05) is 0 Å². The number of nitro benzene ring substituents is 1. The Bertz CT molecular complexity index is 566. The number of rotatable bonds is 5. The maximum atomic E-state index is 13.3. The van der Waals surface area contributed by atoms with E-state index in [9.17, 15) is 19.3 Å². The van der Waals surface area contributed by atoms with Crippen molar-refractivity contribution in [3.8, 4) is 0 Å². The first-order valence-corrected chi connectivity index (χ1v) is 6.17. The molecule has 0 saturated heterocycles. The summed E-state index contributed by atoms with van der Waals surface area (Å²) in [7, 11) is 0. The normalized spacial score (nSPS) is 15.0. The van der Waals surface area contributed by atoms with Crippen molar-refractivity contribution < 1.29 is 14.1 Å². The van der Waals surface area contributed by atoms with Gasteiger partial charge in [0.2, 0.25) is 0 Å². The molecule has 0 bridgehead atoms. The van der Waals surface area contributed by atoms with Gasteiger partial charge in [-0.3, -0.25) is 14.9 Å². The summed E-state index contributed by atoms with van der Waals surface area (Å²) in [5.41, 5.74) is 10.1. The van der Waals surface area contributed by atoms with Crippen molar-refractivity contribution in [3.63, 3.8) is 0 Å². The van der Waals surface area contributed by atoms with Crippen molar-refractivity contribution in [2.75, 3.05) is 12.3 Å². The Morgan fingerprint density at radius 2 is 2.14 bits per heavy atom. The predicted molar refractivity (Wildman–Crippen MR) is 77.7 cm³/mol. The first-order chi connectivity index (χ1) is 9.40. The first kappa shape index (κ1) is 17.1. The van der Waals surface area contributed by atoms with Crippen molar-refractivity contribution in [3.05, 3.63) is 33.6 Å². The SMILES string of the molecule is Cl.Nc1c(C(=O)NCC(N)C2CC2)cc(F)cc1[N+](=O)[O-]. The van der Waals surface area contributed by atoms with Gasteiger partial charge in [0, 0.05) is 12.6 Å². The highest BCUT2D eigenvalue weighted by molar-refractivity contribution is 6.01. The summed E-state index contributed by atoms with van der Waals surface area (Å²) < 4.78 is 13.3. The number of nitrogen functional groups attached to an aromatic ring is 1. The molecule has 1 fully saturated rings. The van der Waals surface area contributed by atoms with Crippen molar-refractivity contribution >= 4 is 29.7 Å². The van der Waals surface area contributed by atoms with Gasteiger partial charge in [-0.25, -0.2) is 4.39 Å². The van der Waals surface area contributed by atoms with Crippen LogP contribution in [0, 0.1) is 21.8 Å². The number of amides is 1. The number of nitro groups is 1. The molecule has 0 spiro atoms. The zero-order valence-corrected chi connectivity index (χ0v) is 11.9. The van der Waals surface area contributed by atoms with Crippen LogP contribution in [-0.2, 0) is 0 Å². The number of carbonyl (C=O) groups excluding carboxylic acids is 1. The summed E-state index contributed by atoms with van der Waals surface area (Å²) >= 11 is 0. The Morgan fingerprint density at radius 1 is 1.52 bits per heavy atom. The van der Waals surface area contributed by atoms with E-state index in [1.165, 1.54) is 0 Å². The minimum Gasteiger partial charge on any atom is -0.393 e. The van der Waals surface area contributed by atoms with E-state index in [2.05, 4.69) is 5.32 Å². The zero-order chi connectivity index (χ0) is 14.9. The van der Waals surface area contributed by atoms with Gasteiger partial charge in [-0.05, 0) is 24.8 Å². The molecule has 21 heavy (non-hydrogen) atoms. The largest absolute Gasteiger partial charge is 0.393 e. The van der Waals surface area contributed by atoms with Crippen LogP contribution in [0.15, 0.2) is 12.1 Å². The van der Waals surface area contributed by atoms with Gasteiger partial charge in [-0.15, -0.1) is 12.4 Å². The fourth-order valence-electron chi connectivity index (χ4n) is 1.94. The number of halogens is 2. The summed E-state index contributed by atoms with van der Waals surface area (Å²) in [6, 6.07) is 1.39. The highest BCUT2D eigenvalue weighted by atomic mass is 35.5. The van der Waals surface area contributed by atoms with E-state index in [1.54, 1.807) is 0 Å². The Morgan fingerprint density at radius 3 is 2.67 bits per heavy atom.